The summed E-state index contributed by atoms with van der Waals surface area (Å²) in [4.78, 5) is 15.1. The van der Waals surface area contributed by atoms with Crippen molar-refractivity contribution in [3.05, 3.63) is 70.2 Å². The van der Waals surface area contributed by atoms with Gasteiger partial charge in [0.1, 0.15) is 11.3 Å². The molecule has 0 aliphatic rings. The van der Waals surface area contributed by atoms with Crippen LogP contribution in [-0.2, 0) is 6.54 Å². The van der Waals surface area contributed by atoms with Crippen molar-refractivity contribution in [3.63, 3.8) is 0 Å². The third-order valence-corrected chi connectivity index (χ3v) is 3.38. The van der Waals surface area contributed by atoms with Gasteiger partial charge in [0.15, 0.2) is 0 Å². The van der Waals surface area contributed by atoms with Crippen molar-refractivity contribution in [1.29, 1.82) is 0 Å². The first kappa shape index (κ1) is 13.1. The van der Waals surface area contributed by atoms with E-state index in [1.54, 1.807) is 18.2 Å². The Morgan fingerprint density at radius 2 is 2.00 bits per heavy atom. The molecule has 2 heterocycles. The van der Waals surface area contributed by atoms with Crippen LogP contribution in [0.1, 0.15) is 11.4 Å². The van der Waals surface area contributed by atoms with E-state index in [0.717, 1.165) is 17.0 Å². The molecule has 0 saturated heterocycles. The smallest absolute Gasteiger partial charge is 0.292 e. The highest BCUT2D eigenvalue weighted by atomic mass is 16.6. The third-order valence-electron chi connectivity index (χ3n) is 3.38. The van der Waals surface area contributed by atoms with Crippen LogP contribution in [0.2, 0.25) is 0 Å². The molecule has 1 N–H and O–H groups in total. The molecule has 0 atom stereocenters. The van der Waals surface area contributed by atoms with Crippen LogP contribution in [0.4, 0.5) is 11.4 Å². The molecule has 1 aromatic carbocycles. The maximum atomic E-state index is 11.0. The Morgan fingerprint density at radius 1 is 1.24 bits per heavy atom. The van der Waals surface area contributed by atoms with Gasteiger partial charge in [-0.25, -0.2) is 4.98 Å². The molecule has 0 aliphatic carbocycles. The van der Waals surface area contributed by atoms with Crippen molar-refractivity contribution in [3.8, 4) is 0 Å². The van der Waals surface area contributed by atoms with Gasteiger partial charge < -0.3 is 9.72 Å². The number of fused-ring (bicyclic) bond motifs is 1. The van der Waals surface area contributed by atoms with Crippen LogP contribution in [0.3, 0.4) is 0 Å². The summed E-state index contributed by atoms with van der Waals surface area (Å²) in [6.07, 6.45) is 1.94. The Morgan fingerprint density at radius 3 is 2.81 bits per heavy atom. The topological polar surface area (TPSA) is 72.5 Å². The summed E-state index contributed by atoms with van der Waals surface area (Å²) >= 11 is 0. The number of rotatable bonds is 4. The Balaban J connectivity index is 1.91. The minimum absolute atomic E-state index is 0.0731. The van der Waals surface area contributed by atoms with Gasteiger partial charge in [0.25, 0.3) is 5.69 Å². The lowest BCUT2D eigenvalue weighted by Gasteiger charge is -2.07. The van der Waals surface area contributed by atoms with Gasteiger partial charge in [-0.3, -0.25) is 10.1 Å². The first-order valence-electron chi connectivity index (χ1n) is 6.56. The highest BCUT2D eigenvalue weighted by Crippen LogP contribution is 2.24. The van der Waals surface area contributed by atoms with Gasteiger partial charge >= 0.3 is 0 Å². The van der Waals surface area contributed by atoms with Gasteiger partial charge in [-0.2, -0.15) is 0 Å². The second kappa shape index (κ2) is 5.24. The lowest BCUT2D eigenvalue weighted by Crippen LogP contribution is -2.05. The van der Waals surface area contributed by atoms with E-state index in [4.69, 9.17) is 0 Å². The number of hydrogen-bond acceptors (Lipinski definition) is 4. The monoisotopic (exact) mass is 282 g/mol. The Hall–Kier alpha value is -2.89. The number of nitro benzene ring substituents is 1. The molecule has 0 amide bonds. The van der Waals surface area contributed by atoms with Gasteiger partial charge in [0.05, 0.1) is 22.9 Å². The molecule has 0 saturated carbocycles. The molecular weight excluding hydrogens is 268 g/mol. The van der Waals surface area contributed by atoms with Crippen LogP contribution in [0.15, 0.2) is 48.7 Å². The highest BCUT2D eigenvalue weighted by molar-refractivity contribution is 5.61. The summed E-state index contributed by atoms with van der Waals surface area (Å²) in [5.41, 5.74) is 3.35. The molecule has 0 radical (unpaired) electrons. The van der Waals surface area contributed by atoms with Crippen LogP contribution in [0.25, 0.3) is 5.65 Å². The molecule has 106 valence electrons. The zero-order valence-corrected chi connectivity index (χ0v) is 11.5. The highest BCUT2D eigenvalue weighted by Gasteiger charge is 2.13. The molecule has 0 aliphatic heterocycles. The fourth-order valence-electron chi connectivity index (χ4n) is 2.34. The fourth-order valence-corrected chi connectivity index (χ4v) is 2.34. The van der Waals surface area contributed by atoms with Gasteiger partial charge in [-0.05, 0) is 25.1 Å². The maximum Gasteiger partial charge on any atom is 0.292 e. The number of para-hydroxylation sites is 2. The lowest BCUT2D eigenvalue weighted by atomic mass is 10.2. The minimum Gasteiger partial charge on any atom is -0.374 e. The number of nitrogens with one attached hydrogen (secondary N) is 1. The quantitative estimate of drug-likeness (QED) is 0.589. The van der Waals surface area contributed by atoms with E-state index >= 15 is 0 Å². The molecule has 0 bridgehead atoms. The van der Waals surface area contributed by atoms with Crippen LogP contribution < -0.4 is 5.32 Å². The van der Waals surface area contributed by atoms with Crippen molar-refractivity contribution >= 4 is 17.0 Å². The largest absolute Gasteiger partial charge is 0.374 e. The van der Waals surface area contributed by atoms with Crippen LogP contribution in [0, 0.1) is 17.0 Å². The number of benzene rings is 1. The SMILES string of the molecule is Cc1nc2ccccn2c1CNc1ccccc1[N+](=O)[O-]. The molecule has 21 heavy (non-hydrogen) atoms. The van der Waals surface area contributed by atoms with Crippen LogP contribution in [-0.4, -0.2) is 14.3 Å². The standard InChI is InChI=1S/C15H14N4O2/c1-11-14(18-9-5-4-8-15(18)17-11)10-16-12-6-2-3-7-13(12)19(20)21/h2-9,16H,10H2,1H3. The molecule has 0 unspecified atom stereocenters. The molecule has 6 heteroatoms. The summed E-state index contributed by atoms with van der Waals surface area (Å²) < 4.78 is 1.98. The van der Waals surface area contributed by atoms with Crippen molar-refractivity contribution in [1.82, 2.24) is 9.38 Å². The van der Waals surface area contributed by atoms with E-state index in [1.807, 2.05) is 35.7 Å². The van der Waals surface area contributed by atoms with E-state index in [1.165, 1.54) is 6.07 Å². The Kier molecular flexibility index (Phi) is 3.27. The molecule has 0 fully saturated rings. The minimum atomic E-state index is -0.385. The maximum absolute atomic E-state index is 11.0. The fraction of sp³-hybridized carbons (Fsp3) is 0.133. The summed E-state index contributed by atoms with van der Waals surface area (Å²) in [5, 5.41) is 14.1. The number of anilines is 1. The lowest BCUT2D eigenvalue weighted by molar-refractivity contribution is -0.384. The molecule has 3 rings (SSSR count). The molecular formula is C15H14N4O2. The predicted octanol–water partition coefficient (Wildman–Crippen LogP) is 3.16. The third kappa shape index (κ3) is 2.43. The molecule has 0 spiro atoms. The van der Waals surface area contributed by atoms with E-state index in [2.05, 4.69) is 10.3 Å². The second-order valence-corrected chi connectivity index (χ2v) is 4.70. The molecule has 3 aromatic rings. The van der Waals surface area contributed by atoms with E-state index < -0.39 is 0 Å². The number of nitro groups is 1. The number of nitrogens with zero attached hydrogens (tertiary/aromatic N) is 3. The van der Waals surface area contributed by atoms with Crippen molar-refractivity contribution < 1.29 is 4.92 Å². The van der Waals surface area contributed by atoms with Crippen LogP contribution >= 0.6 is 0 Å². The van der Waals surface area contributed by atoms with E-state index in [9.17, 15) is 10.1 Å². The zero-order chi connectivity index (χ0) is 14.8. The summed E-state index contributed by atoms with van der Waals surface area (Å²) in [7, 11) is 0. The number of hydrogen-bond donors (Lipinski definition) is 1. The second-order valence-electron chi connectivity index (χ2n) is 4.70. The predicted molar refractivity (Wildman–Crippen MR) is 80.4 cm³/mol. The van der Waals surface area contributed by atoms with Gasteiger partial charge in [0, 0.05) is 12.3 Å². The number of imidazole rings is 1. The first-order chi connectivity index (χ1) is 10.2. The number of aromatic nitrogens is 2. The average Bonchev–Trinajstić information content (AvgIpc) is 2.81. The number of pyridine rings is 1. The van der Waals surface area contributed by atoms with Gasteiger partial charge in [-0.1, -0.05) is 18.2 Å². The van der Waals surface area contributed by atoms with Gasteiger partial charge in [0.2, 0.25) is 0 Å². The number of aryl methyl sites for hydroxylation is 1. The van der Waals surface area contributed by atoms with Crippen molar-refractivity contribution in [2.45, 2.75) is 13.5 Å². The Bertz CT molecular complexity index is 810. The van der Waals surface area contributed by atoms with E-state index in [0.29, 0.717) is 12.2 Å². The first-order valence-corrected chi connectivity index (χ1v) is 6.56. The van der Waals surface area contributed by atoms with Gasteiger partial charge in [-0.15, -0.1) is 0 Å². The molecule has 6 nitrogen and oxygen atoms in total. The van der Waals surface area contributed by atoms with Crippen molar-refractivity contribution in [2.24, 2.45) is 0 Å². The van der Waals surface area contributed by atoms with E-state index in [-0.39, 0.29) is 10.6 Å². The summed E-state index contributed by atoms with van der Waals surface area (Å²) in [5.74, 6) is 0. The molecule has 2 aromatic heterocycles. The zero-order valence-electron chi connectivity index (χ0n) is 11.5. The Labute approximate surface area is 121 Å². The average molecular weight is 282 g/mol. The van der Waals surface area contributed by atoms with Crippen molar-refractivity contribution in [2.75, 3.05) is 5.32 Å². The normalized spacial score (nSPS) is 10.7. The summed E-state index contributed by atoms with van der Waals surface area (Å²) in [6, 6.07) is 12.4. The summed E-state index contributed by atoms with van der Waals surface area (Å²) in [6.45, 7) is 2.41. The van der Waals surface area contributed by atoms with Crippen LogP contribution in [0.5, 0.6) is 0 Å².